The van der Waals surface area contributed by atoms with E-state index in [1.807, 2.05) is 48.5 Å². The molecule has 0 fully saturated rings. The predicted octanol–water partition coefficient (Wildman–Crippen LogP) is 4.28. The number of carbonyl (C=O) groups is 1. The molecule has 5 rings (SSSR count). The zero-order chi connectivity index (χ0) is 31.9. The number of esters is 1. The van der Waals surface area contributed by atoms with Crippen LogP contribution in [0.3, 0.4) is 0 Å². The molecule has 45 heavy (non-hydrogen) atoms. The van der Waals surface area contributed by atoms with Gasteiger partial charge in [0.05, 0.1) is 49.8 Å². The van der Waals surface area contributed by atoms with Gasteiger partial charge in [-0.3, -0.25) is 9.36 Å². The van der Waals surface area contributed by atoms with Gasteiger partial charge in [0.1, 0.15) is 19.0 Å². The molecular formula is C34H34N2O8S. The first-order chi connectivity index (χ1) is 21.9. The molecule has 1 atom stereocenters. The van der Waals surface area contributed by atoms with E-state index >= 15 is 0 Å². The number of para-hydroxylation sites is 3. The van der Waals surface area contributed by atoms with Gasteiger partial charge in [-0.1, -0.05) is 47.7 Å². The van der Waals surface area contributed by atoms with Crippen molar-refractivity contribution in [2.24, 2.45) is 4.99 Å². The van der Waals surface area contributed by atoms with E-state index in [0.29, 0.717) is 54.9 Å². The standard InChI is InChI=1S/C34H34N2O8S/c1-6-42-33(38)30-21(2)35-34-36(31(30)23-15-16-26(40-4)28(19-23)41-5)32(37)29(45-34)20-22-11-7-8-12-24(22)43-17-18-44-27-14-10-9-13-25(27)39-3/h7-16,19-20,31H,6,17-18H2,1-5H3/t31-/m0/s1. The molecule has 2 heterocycles. The molecule has 1 aliphatic rings. The monoisotopic (exact) mass is 630 g/mol. The van der Waals surface area contributed by atoms with Crippen molar-refractivity contribution in [3.05, 3.63) is 109 Å². The highest BCUT2D eigenvalue weighted by Crippen LogP contribution is 2.36. The van der Waals surface area contributed by atoms with Crippen LogP contribution < -0.4 is 38.6 Å². The molecule has 0 saturated heterocycles. The molecule has 0 unspecified atom stereocenters. The fourth-order valence-electron chi connectivity index (χ4n) is 5.04. The summed E-state index contributed by atoms with van der Waals surface area (Å²) in [5.41, 5.74) is 1.81. The Hall–Kier alpha value is -5.03. The molecule has 4 aromatic rings. The summed E-state index contributed by atoms with van der Waals surface area (Å²) in [6, 6.07) is 19.4. The van der Waals surface area contributed by atoms with Gasteiger partial charge in [-0.25, -0.2) is 9.79 Å². The molecule has 3 aromatic carbocycles. The number of benzene rings is 3. The van der Waals surface area contributed by atoms with Crippen LogP contribution in [0, 0.1) is 0 Å². The third-order valence-corrected chi connectivity index (χ3v) is 8.10. The van der Waals surface area contributed by atoms with Crippen molar-refractivity contribution in [3.8, 4) is 28.7 Å². The summed E-state index contributed by atoms with van der Waals surface area (Å²) in [6.45, 7) is 4.22. The Morgan fingerprint density at radius 2 is 1.49 bits per heavy atom. The zero-order valence-electron chi connectivity index (χ0n) is 25.7. The third-order valence-electron chi connectivity index (χ3n) is 7.11. The van der Waals surface area contributed by atoms with Gasteiger partial charge in [0.15, 0.2) is 27.8 Å². The number of hydrogen-bond donors (Lipinski definition) is 0. The summed E-state index contributed by atoms with van der Waals surface area (Å²) in [7, 11) is 4.67. The Balaban J connectivity index is 1.51. The van der Waals surface area contributed by atoms with E-state index in [4.69, 9.17) is 28.4 Å². The second-order valence-electron chi connectivity index (χ2n) is 9.80. The van der Waals surface area contributed by atoms with Crippen molar-refractivity contribution in [1.82, 2.24) is 4.57 Å². The normalized spacial score (nSPS) is 14.3. The van der Waals surface area contributed by atoms with E-state index < -0.39 is 12.0 Å². The van der Waals surface area contributed by atoms with Crippen LogP contribution >= 0.6 is 11.3 Å². The Bertz CT molecular complexity index is 1910. The highest BCUT2D eigenvalue weighted by atomic mass is 32.1. The number of thiazole rings is 1. The van der Waals surface area contributed by atoms with Crippen molar-refractivity contribution in [2.45, 2.75) is 19.9 Å². The quantitative estimate of drug-likeness (QED) is 0.169. The third kappa shape index (κ3) is 6.58. The molecule has 1 aromatic heterocycles. The van der Waals surface area contributed by atoms with E-state index in [2.05, 4.69) is 4.99 Å². The molecule has 0 saturated carbocycles. The van der Waals surface area contributed by atoms with Gasteiger partial charge in [-0.2, -0.15) is 0 Å². The summed E-state index contributed by atoms with van der Waals surface area (Å²) in [5.74, 6) is 2.31. The molecule has 0 radical (unpaired) electrons. The van der Waals surface area contributed by atoms with Crippen molar-refractivity contribution in [2.75, 3.05) is 41.2 Å². The molecule has 0 spiro atoms. The van der Waals surface area contributed by atoms with Gasteiger partial charge in [0, 0.05) is 5.56 Å². The van der Waals surface area contributed by atoms with Gasteiger partial charge < -0.3 is 28.4 Å². The number of carbonyl (C=O) groups excluding carboxylic acids is 1. The lowest BCUT2D eigenvalue weighted by Gasteiger charge is -2.25. The van der Waals surface area contributed by atoms with Crippen LogP contribution in [0.25, 0.3) is 6.08 Å². The Morgan fingerprint density at radius 1 is 0.867 bits per heavy atom. The van der Waals surface area contributed by atoms with Crippen LogP contribution in [0.4, 0.5) is 0 Å². The van der Waals surface area contributed by atoms with E-state index in [1.54, 1.807) is 52.3 Å². The first-order valence-corrected chi connectivity index (χ1v) is 15.1. The number of aromatic nitrogens is 1. The number of allylic oxidation sites excluding steroid dienone is 1. The molecule has 10 nitrogen and oxygen atoms in total. The predicted molar refractivity (Wildman–Crippen MR) is 170 cm³/mol. The van der Waals surface area contributed by atoms with Crippen LogP contribution in [0.1, 0.15) is 31.0 Å². The van der Waals surface area contributed by atoms with Gasteiger partial charge in [-0.05, 0) is 55.8 Å². The van der Waals surface area contributed by atoms with E-state index in [-0.39, 0.29) is 31.0 Å². The first-order valence-electron chi connectivity index (χ1n) is 14.3. The summed E-state index contributed by atoms with van der Waals surface area (Å²) < 4.78 is 35.5. The van der Waals surface area contributed by atoms with E-state index in [1.165, 1.54) is 23.0 Å². The average molecular weight is 631 g/mol. The van der Waals surface area contributed by atoms with Gasteiger partial charge in [0.2, 0.25) is 0 Å². The summed E-state index contributed by atoms with van der Waals surface area (Å²) in [4.78, 5) is 32.4. The molecule has 234 valence electrons. The minimum absolute atomic E-state index is 0.180. The topological polar surface area (TPSA) is 107 Å². The van der Waals surface area contributed by atoms with Crippen LogP contribution in [-0.4, -0.2) is 51.7 Å². The van der Waals surface area contributed by atoms with Crippen LogP contribution in [-0.2, 0) is 9.53 Å². The van der Waals surface area contributed by atoms with Gasteiger partial charge >= 0.3 is 5.97 Å². The molecule has 0 bridgehead atoms. The fourth-order valence-corrected chi connectivity index (χ4v) is 6.08. The van der Waals surface area contributed by atoms with Gasteiger partial charge in [-0.15, -0.1) is 0 Å². The second kappa shape index (κ2) is 14.2. The summed E-state index contributed by atoms with van der Waals surface area (Å²) in [5, 5.41) is 0. The maximum Gasteiger partial charge on any atom is 0.338 e. The summed E-state index contributed by atoms with van der Waals surface area (Å²) in [6.07, 6.45) is 1.77. The lowest BCUT2D eigenvalue weighted by molar-refractivity contribution is -0.139. The number of nitrogens with zero attached hydrogens (tertiary/aromatic N) is 2. The van der Waals surface area contributed by atoms with Crippen molar-refractivity contribution >= 4 is 23.4 Å². The van der Waals surface area contributed by atoms with Crippen molar-refractivity contribution in [1.29, 1.82) is 0 Å². The molecule has 0 aliphatic carbocycles. The average Bonchev–Trinajstić information content (AvgIpc) is 3.36. The number of ether oxygens (including phenoxy) is 6. The first kappa shape index (κ1) is 31.4. The van der Waals surface area contributed by atoms with Crippen LogP contribution in [0.5, 0.6) is 28.7 Å². The smallest absolute Gasteiger partial charge is 0.338 e. The SMILES string of the molecule is CCOC(=O)C1=C(C)N=c2sc(=Cc3ccccc3OCCOc3ccccc3OC)c(=O)n2[C@H]1c1ccc(OC)c(OC)c1. The Morgan fingerprint density at radius 3 is 2.18 bits per heavy atom. The largest absolute Gasteiger partial charge is 0.493 e. The minimum atomic E-state index is -0.791. The van der Waals surface area contributed by atoms with Crippen LogP contribution in [0.2, 0.25) is 0 Å². The van der Waals surface area contributed by atoms with E-state index in [0.717, 1.165) is 0 Å². The van der Waals surface area contributed by atoms with Crippen molar-refractivity contribution in [3.63, 3.8) is 0 Å². The van der Waals surface area contributed by atoms with Gasteiger partial charge in [0.25, 0.3) is 5.56 Å². The second-order valence-corrected chi connectivity index (χ2v) is 10.8. The number of hydrogen-bond acceptors (Lipinski definition) is 10. The molecular weight excluding hydrogens is 596 g/mol. The molecule has 0 N–H and O–H groups in total. The lowest BCUT2D eigenvalue weighted by atomic mass is 9.95. The maximum absolute atomic E-state index is 14.1. The highest BCUT2D eigenvalue weighted by Gasteiger charge is 2.34. The number of methoxy groups -OCH3 is 3. The minimum Gasteiger partial charge on any atom is -0.493 e. The Kier molecular flexibility index (Phi) is 9.89. The molecule has 1 aliphatic heterocycles. The zero-order valence-corrected chi connectivity index (χ0v) is 26.5. The summed E-state index contributed by atoms with van der Waals surface area (Å²) >= 11 is 1.23. The van der Waals surface area contributed by atoms with Crippen LogP contribution in [0.15, 0.2) is 87.8 Å². The molecule has 11 heteroatoms. The van der Waals surface area contributed by atoms with Crippen molar-refractivity contribution < 1.29 is 33.2 Å². The van der Waals surface area contributed by atoms with E-state index in [9.17, 15) is 9.59 Å². The maximum atomic E-state index is 14.1. The fraction of sp³-hybridized carbons (Fsp3) is 0.265. The molecule has 0 amide bonds. The highest BCUT2D eigenvalue weighted by molar-refractivity contribution is 7.07. The number of rotatable bonds is 12. The number of fused-ring (bicyclic) bond motifs is 1. The lowest BCUT2D eigenvalue weighted by Crippen LogP contribution is -2.40. The Labute approximate surface area is 264 Å².